The molecule has 2 rings (SSSR count). The number of rotatable bonds is 3. The van der Waals surface area contributed by atoms with Crippen molar-refractivity contribution < 1.29 is 9.90 Å². The molecule has 0 heterocycles. The van der Waals surface area contributed by atoms with Crippen molar-refractivity contribution in [3.8, 4) is 0 Å². The first-order valence-electron chi connectivity index (χ1n) is 5.10. The Balaban J connectivity index is 2.29. The molecule has 3 heteroatoms. The maximum atomic E-state index is 10.8. The van der Waals surface area contributed by atoms with Crippen molar-refractivity contribution in [3.63, 3.8) is 0 Å². The van der Waals surface area contributed by atoms with Gasteiger partial charge in [0.05, 0.1) is 6.42 Å². The van der Waals surface area contributed by atoms with Crippen molar-refractivity contribution in [2.75, 3.05) is 0 Å². The number of hydrogen-bond acceptors (Lipinski definition) is 1. The Morgan fingerprint density at radius 2 is 2.20 bits per heavy atom. The molecule has 0 atom stereocenters. The van der Waals surface area contributed by atoms with Gasteiger partial charge in [0, 0.05) is 10.4 Å². The van der Waals surface area contributed by atoms with Gasteiger partial charge >= 0.3 is 5.97 Å². The molecule has 1 aliphatic carbocycles. The fraction of sp³-hybridized carbons (Fsp3) is 0.417. The number of halogens is 1. The second kappa shape index (κ2) is 3.86. The number of aliphatic carboxylic acids is 1. The van der Waals surface area contributed by atoms with Gasteiger partial charge < -0.3 is 5.11 Å². The van der Waals surface area contributed by atoms with Gasteiger partial charge in [0.15, 0.2) is 0 Å². The van der Waals surface area contributed by atoms with Gasteiger partial charge in [0.1, 0.15) is 0 Å². The Kier molecular flexibility index (Phi) is 2.70. The van der Waals surface area contributed by atoms with Crippen molar-refractivity contribution in [3.05, 3.63) is 34.9 Å². The fourth-order valence-corrected chi connectivity index (χ4v) is 2.47. The first-order valence-corrected chi connectivity index (χ1v) is 5.48. The second-order valence-electron chi connectivity index (χ2n) is 4.21. The van der Waals surface area contributed by atoms with Gasteiger partial charge in [-0.3, -0.25) is 4.79 Å². The van der Waals surface area contributed by atoms with Crippen molar-refractivity contribution in [1.29, 1.82) is 0 Å². The molecule has 1 aliphatic rings. The molecule has 0 unspecified atom stereocenters. The van der Waals surface area contributed by atoms with Crippen molar-refractivity contribution >= 4 is 17.6 Å². The molecule has 2 nitrogen and oxygen atoms in total. The highest BCUT2D eigenvalue weighted by Crippen LogP contribution is 2.46. The van der Waals surface area contributed by atoms with E-state index in [0.29, 0.717) is 5.02 Å². The highest BCUT2D eigenvalue weighted by Gasteiger charge is 2.40. The van der Waals surface area contributed by atoms with Crippen LogP contribution in [-0.2, 0) is 10.2 Å². The Labute approximate surface area is 93.9 Å². The molecule has 15 heavy (non-hydrogen) atoms. The molecule has 1 aromatic carbocycles. The molecule has 0 spiro atoms. The van der Waals surface area contributed by atoms with E-state index in [2.05, 4.69) is 0 Å². The summed E-state index contributed by atoms with van der Waals surface area (Å²) < 4.78 is 0. The summed E-state index contributed by atoms with van der Waals surface area (Å²) in [5.41, 5.74) is 0.917. The number of benzene rings is 1. The Hall–Kier alpha value is -1.02. The van der Waals surface area contributed by atoms with Crippen molar-refractivity contribution in [2.24, 2.45) is 0 Å². The maximum Gasteiger partial charge on any atom is 0.304 e. The molecular weight excluding hydrogens is 212 g/mol. The highest BCUT2D eigenvalue weighted by atomic mass is 35.5. The molecule has 0 bridgehead atoms. The van der Waals surface area contributed by atoms with Crippen molar-refractivity contribution in [2.45, 2.75) is 31.1 Å². The number of carboxylic acid groups (broad SMARTS) is 1. The molecule has 1 fully saturated rings. The largest absolute Gasteiger partial charge is 0.481 e. The third-order valence-electron chi connectivity index (χ3n) is 3.24. The lowest BCUT2D eigenvalue weighted by Crippen LogP contribution is -2.36. The normalized spacial score (nSPS) is 18.2. The second-order valence-corrected chi connectivity index (χ2v) is 4.65. The molecule has 1 saturated carbocycles. The monoisotopic (exact) mass is 224 g/mol. The average Bonchev–Trinajstić information content (AvgIpc) is 2.11. The zero-order valence-electron chi connectivity index (χ0n) is 8.37. The van der Waals surface area contributed by atoms with Crippen LogP contribution in [0.15, 0.2) is 24.3 Å². The van der Waals surface area contributed by atoms with E-state index in [1.165, 1.54) is 0 Å². The molecule has 1 N–H and O–H groups in total. The molecule has 0 aromatic heterocycles. The summed E-state index contributed by atoms with van der Waals surface area (Å²) >= 11 is 5.92. The van der Waals surface area contributed by atoms with Crippen LogP contribution in [-0.4, -0.2) is 11.1 Å². The van der Waals surface area contributed by atoms with Gasteiger partial charge in [-0.05, 0) is 30.5 Å². The molecule has 80 valence electrons. The van der Waals surface area contributed by atoms with E-state index < -0.39 is 5.97 Å². The summed E-state index contributed by atoms with van der Waals surface area (Å²) in [5.74, 6) is -0.727. The SMILES string of the molecule is O=C(O)CC1(c2cccc(Cl)c2)CCC1. The summed E-state index contributed by atoms with van der Waals surface area (Å²) in [6.07, 6.45) is 3.24. The third kappa shape index (κ3) is 2.00. The van der Waals surface area contributed by atoms with E-state index in [-0.39, 0.29) is 11.8 Å². The lowest BCUT2D eigenvalue weighted by molar-refractivity contribution is -0.139. The van der Waals surface area contributed by atoms with Crippen LogP contribution < -0.4 is 0 Å². The molecular formula is C12H13ClO2. The lowest BCUT2D eigenvalue weighted by Gasteiger charge is -2.41. The summed E-state index contributed by atoms with van der Waals surface area (Å²) in [7, 11) is 0. The van der Waals surface area contributed by atoms with E-state index in [4.69, 9.17) is 16.7 Å². The quantitative estimate of drug-likeness (QED) is 0.856. The Bertz CT molecular complexity index is 383. The summed E-state index contributed by atoms with van der Waals surface area (Å²) in [6.45, 7) is 0. The maximum absolute atomic E-state index is 10.8. The van der Waals surface area contributed by atoms with Gasteiger partial charge in [0.2, 0.25) is 0 Å². The molecule has 0 saturated heterocycles. The minimum Gasteiger partial charge on any atom is -0.481 e. The molecule has 0 radical (unpaired) electrons. The van der Waals surface area contributed by atoms with E-state index in [9.17, 15) is 4.79 Å². The smallest absolute Gasteiger partial charge is 0.304 e. The van der Waals surface area contributed by atoms with Crippen LogP contribution >= 0.6 is 11.6 Å². The summed E-state index contributed by atoms with van der Waals surface area (Å²) in [6, 6.07) is 7.58. The van der Waals surface area contributed by atoms with E-state index in [1.807, 2.05) is 24.3 Å². The molecule has 0 aliphatic heterocycles. The Morgan fingerprint density at radius 1 is 1.47 bits per heavy atom. The first-order chi connectivity index (χ1) is 7.12. The van der Waals surface area contributed by atoms with Gasteiger partial charge in [-0.25, -0.2) is 0 Å². The van der Waals surface area contributed by atoms with Crippen LogP contribution in [0.1, 0.15) is 31.2 Å². The number of carboxylic acids is 1. The number of carbonyl (C=O) groups is 1. The first kappa shape index (κ1) is 10.5. The van der Waals surface area contributed by atoms with Crippen LogP contribution in [0.2, 0.25) is 5.02 Å². The van der Waals surface area contributed by atoms with Crippen LogP contribution in [0.5, 0.6) is 0 Å². The van der Waals surface area contributed by atoms with E-state index in [0.717, 1.165) is 24.8 Å². The predicted octanol–water partition coefficient (Wildman–Crippen LogP) is 3.24. The minimum atomic E-state index is -0.727. The average molecular weight is 225 g/mol. The van der Waals surface area contributed by atoms with Crippen LogP contribution in [0, 0.1) is 0 Å². The topological polar surface area (TPSA) is 37.3 Å². The van der Waals surface area contributed by atoms with Crippen LogP contribution in [0.25, 0.3) is 0 Å². The predicted molar refractivity (Wildman–Crippen MR) is 59.2 cm³/mol. The van der Waals surface area contributed by atoms with Crippen LogP contribution in [0.3, 0.4) is 0 Å². The molecule has 0 amide bonds. The zero-order valence-corrected chi connectivity index (χ0v) is 9.13. The van der Waals surface area contributed by atoms with Gasteiger partial charge in [0.25, 0.3) is 0 Å². The Morgan fingerprint density at radius 3 is 2.67 bits per heavy atom. The zero-order chi connectivity index (χ0) is 10.9. The summed E-state index contributed by atoms with van der Waals surface area (Å²) in [4.78, 5) is 10.8. The number of hydrogen-bond donors (Lipinski definition) is 1. The fourth-order valence-electron chi connectivity index (χ4n) is 2.28. The van der Waals surface area contributed by atoms with Gasteiger partial charge in [-0.2, -0.15) is 0 Å². The lowest BCUT2D eigenvalue weighted by atomic mass is 9.62. The van der Waals surface area contributed by atoms with Crippen molar-refractivity contribution in [1.82, 2.24) is 0 Å². The van der Waals surface area contributed by atoms with E-state index >= 15 is 0 Å². The molecule has 1 aromatic rings. The van der Waals surface area contributed by atoms with E-state index in [1.54, 1.807) is 0 Å². The third-order valence-corrected chi connectivity index (χ3v) is 3.47. The summed E-state index contributed by atoms with van der Waals surface area (Å²) in [5, 5.41) is 9.60. The van der Waals surface area contributed by atoms with Gasteiger partial charge in [-0.15, -0.1) is 0 Å². The minimum absolute atomic E-state index is 0.156. The highest BCUT2D eigenvalue weighted by molar-refractivity contribution is 6.30. The standard InChI is InChI=1S/C12H13ClO2/c13-10-4-1-3-9(7-10)12(5-2-6-12)8-11(14)15/h1,3-4,7H,2,5-6,8H2,(H,14,15). The van der Waals surface area contributed by atoms with Gasteiger partial charge in [-0.1, -0.05) is 30.2 Å². The van der Waals surface area contributed by atoms with Crippen LogP contribution in [0.4, 0.5) is 0 Å².